The van der Waals surface area contributed by atoms with Gasteiger partial charge in [-0.05, 0) is 76.6 Å². The van der Waals surface area contributed by atoms with Crippen LogP contribution in [0, 0.1) is 11.8 Å². The van der Waals surface area contributed by atoms with Gasteiger partial charge in [0.2, 0.25) is 11.8 Å². The summed E-state index contributed by atoms with van der Waals surface area (Å²) in [4.78, 5) is 43.0. The molecule has 2 aromatic rings. The maximum atomic E-state index is 13.7. The van der Waals surface area contributed by atoms with E-state index in [0.717, 1.165) is 38.8 Å². The summed E-state index contributed by atoms with van der Waals surface area (Å²) >= 11 is 0. The Balaban J connectivity index is 2.02. The normalized spacial score (nSPS) is 17.9. The Morgan fingerprint density at radius 2 is 1.73 bits per heavy atom. The third-order valence-corrected chi connectivity index (χ3v) is 6.53. The van der Waals surface area contributed by atoms with Gasteiger partial charge in [-0.25, -0.2) is 9.78 Å². The minimum absolute atomic E-state index is 0.0276. The van der Waals surface area contributed by atoms with Crippen molar-refractivity contribution < 1.29 is 37.0 Å². The van der Waals surface area contributed by atoms with Gasteiger partial charge in [-0.1, -0.05) is 6.92 Å². The monoisotopic (exact) mass is 520 g/mol. The molecule has 1 aromatic heterocycles. The van der Waals surface area contributed by atoms with E-state index in [0.29, 0.717) is 12.0 Å². The number of aromatic nitrogens is 1. The molecule has 1 aliphatic carbocycles. The highest BCUT2D eigenvalue weighted by Crippen LogP contribution is 2.39. The summed E-state index contributed by atoms with van der Waals surface area (Å²) in [5, 5.41) is 0. The molecule has 3 rings (SSSR count). The first-order valence-corrected chi connectivity index (χ1v) is 12.1. The van der Waals surface area contributed by atoms with E-state index < -0.39 is 29.4 Å². The molecule has 1 aromatic carbocycles. The van der Waals surface area contributed by atoms with Crippen molar-refractivity contribution in [2.24, 2.45) is 11.8 Å². The number of carbonyl (C=O) groups is 3. The van der Waals surface area contributed by atoms with Crippen molar-refractivity contribution in [3.05, 3.63) is 47.2 Å². The lowest BCUT2D eigenvalue weighted by Crippen LogP contribution is -2.43. The van der Waals surface area contributed by atoms with Crippen LogP contribution in [-0.4, -0.2) is 35.8 Å². The highest BCUT2D eigenvalue weighted by atomic mass is 19.4. The van der Waals surface area contributed by atoms with E-state index in [-0.39, 0.29) is 40.4 Å². The second kappa shape index (κ2) is 11.3. The third-order valence-electron chi connectivity index (χ3n) is 6.53. The van der Waals surface area contributed by atoms with Crippen LogP contribution < -0.4 is 9.64 Å². The van der Waals surface area contributed by atoms with Gasteiger partial charge in [0.1, 0.15) is 11.3 Å². The minimum atomic E-state index is -4.84. The molecule has 200 valence electrons. The molecule has 1 fully saturated rings. The first kappa shape index (κ1) is 28.1. The predicted octanol–water partition coefficient (Wildman–Crippen LogP) is 6.45. The molecule has 0 bridgehead atoms. The Morgan fingerprint density at radius 1 is 1.08 bits per heavy atom. The van der Waals surface area contributed by atoms with E-state index in [2.05, 4.69) is 11.9 Å². The molecule has 37 heavy (non-hydrogen) atoms. The van der Waals surface area contributed by atoms with E-state index in [4.69, 9.17) is 9.47 Å². The maximum absolute atomic E-state index is 13.7. The zero-order valence-corrected chi connectivity index (χ0v) is 21.5. The molecule has 1 amide bonds. The molecule has 0 spiro atoms. The quantitative estimate of drug-likeness (QED) is 0.308. The molecule has 0 saturated heterocycles. The minimum Gasteiger partial charge on any atom is -0.465 e. The number of alkyl halides is 3. The van der Waals surface area contributed by atoms with E-state index >= 15 is 0 Å². The van der Waals surface area contributed by atoms with Gasteiger partial charge in [-0.2, -0.15) is 13.2 Å². The van der Waals surface area contributed by atoms with Crippen LogP contribution in [-0.2, 0) is 15.7 Å². The number of amides is 1. The Morgan fingerprint density at radius 3 is 2.27 bits per heavy atom. The predicted molar refractivity (Wildman–Crippen MR) is 131 cm³/mol. The Kier molecular flexibility index (Phi) is 8.60. The first-order valence-electron chi connectivity index (χ1n) is 12.1. The fraction of sp³-hybridized carbons (Fsp3) is 0.481. The van der Waals surface area contributed by atoms with Gasteiger partial charge < -0.3 is 14.4 Å². The third kappa shape index (κ3) is 6.47. The molecule has 1 saturated carbocycles. The number of halogens is 3. The van der Waals surface area contributed by atoms with Gasteiger partial charge in [-0.15, -0.1) is 0 Å². The van der Waals surface area contributed by atoms with Crippen molar-refractivity contribution in [1.82, 2.24) is 4.98 Å². The molecular weight excluding hydrogens is 489 g/mol. The van der Waals surface area contributed by atoms with Crippen molar-refractivity contribution in [3.8, 4) is 11.6 Å². The number of carbonyl (C=O) groups excluding carboxylic acids is 3. The molecule has 0 atom stereocenters. The molecule has 1 heterocycles. The number of ether oxygens (including phenoxy) is 2. The van der Waals surface area contributed by atoms with Gasteiger partial charge in [0.25, 0.3) is 0 Å². The highest BCUT2D eigenvalue weighted by molar-refractivity contribution is 6.04. The Hall–Kier alpha value is -3.43. The number of ketones is 1. The molecule has 0 aliphatic heterocycles. The maximum Gasteiger partial charge on any atom is 0.421 e. The van der Waals surface area contributed by atoms with Crippen LogP contribution in [0.3, 0.4) is 0 Å². The standard InChI is InChI=1S/C27H31F3N2O5/c1-15(2)32(25(34)18-8-6-16(3)7-9-18)23-11-10-20(13-21(23)26(35)36-5)37-24-22(27(28,29)30)12-19(14-31-24)17(4)33/h10-16,18H,6-9H2,1-5H3/t16-,18-. The topological polar surface area (TPSA) is 85.8 Å². The average Bonchev–Trinajstić information content (AvgIpc) is 2.84. The Labute approximate surface area is 214 Å². The highest BCUT2D eigenvalue weighted by Gasteiger charge is 2.37. The number of benzene rings is 1. The van der Waals surface area contributed by atoms with Crippen molar-refractivity contribution in [1.29, 1.82) is 0 Å². The van der Waals surface area contributed by atoms with E-state index in [1.165, 1.54) is 30.2 Å². The van der Waals surface area contributed by atoms with Gasteiger partial charge in [-0.3, -0.25) is 9.59 Å². The number of nitrogens with zero attached hydrogens (tertiary/aromatic N) is 2. The van der Waals surface area contributed by atoms with Crippen LogP contribution in [0.4, 0.5) is 18.9 Å². The van der Waals surface area contributed by atoms with Crippen LogP contribution >= 0.6 is 0 Å². The van der Waals surface area contributed by atoms with Gasteiger partial charge in [0.05, 0.1) is 18.4 Å². The van der Waals surface area contributed by atoms with Gasteiger partial charge >= 0.3 is 12.1 Å². The van der Waals surface area contributed by atoms with E-state index in [1.54, 1.807) is 0 Å². The second-order valence-electron chi connectivity index (χ2n) is 9.66. The fourth-order valence-electron chi connectivity index (χ4n) is 4.46. The number of esters is 1. The molecule has 7 nitrogen and oxygen atoms in total. The number of methoxy groups -OCH3 is 1. The average molecular weight is 521 g/mol. The van der Waals surface area contributed by atoms with E-state index in [1.807, 2.05) is 13.8 Å². The second-order valence-corrected chi connectivity index (χ2v) is 9.66. The van der Waals surface area contributed by atoms with Crippen molar-refractivity contribution in [3.63, 3.8) is 0 Å². The number of hydrogen-bond donors (Lipinski definition) is 0. The van der Waals surface area contributed by atoms with E-state index in [9.17, 15) is 27.6 Å². The van der Waals surface area contributed by atoms with Crippen LogP contribution in [0.15, 0.2) is 30.5 Å². The lowest BCUT2D eigenvalue weighted by molar-refractivity contribution is -0.138. The summed E-state index contributed by atoms with van der Waals surface area (Å²) in [6.45, 7) is 6.94. The molecule has 1 aliphatic rings. The Bertz CT molecular complexity index is 1170. The number of anilines is 1. The number of Topliss-reactive ketones (excluding diaryl/α,β-unsaturated/α-hetero) is 1. The summed E-state index contributed by atoms with van der Waals surface area (Å²) in [5.41, 5.74) is -1.18. The van der Waals surface area contributed by atoms with Gasteiger partial charge in [0.15, 0.2) is 5.78 Å². The zero-order chi connectivity index (χ0) is 27.5. The SMILES string of the molecule is COC(=O)c1cc(Oc2ncc(C(C)=O)cc2C(F)(F)F)ccc1N(C(=O)[C@H]1CC[C@H](C)CC1)C(C)C. The lowest BCUT2D eigenvalue weighted by Gasteiger charge is -2.34. The number of hydrogen-bond acceptors (Lipinski definition) is 6. The van der Waals surface area contributed by atoms with Crippen molar-refractivity contribution in [2.75, 3.05) is 12.0 Å². The zero-order valence-electron chi connectivity index (χ0n) is 21.5. The summed E-state index contributed by atoms with van der Waals surface area (Å²) in [7, 11) is 1.17. The summed E-state index contributed by atoms with van der Waals surface area (Å²) < 4.78 is 51.3. The van der Waals surface area contributed by atoms with Crippen molar-refractivity contribution in [2.45, 2.75) is 65.6 Å². The van der Waals surface area contributed by atoms with Crippen LogP contribution in [0.5, 0.6) is 11.6 Å². The molecule has 0 N–H and O–H groups in total. The molecule has 10 heteroatoms. The first-order chi connectivity index (χ1) is 17.3. The fourth-order valence-corrected chi connectivity index (χ4v) is 4.46. The molecular formula is C27H31F3N2O5. The lowest BCUT2D eigenvalue weighted by atomic mass is 9.82. The van der Waals surface area contributed by atoms with Crippen LogP contribution in [0.1, 0.15) is 79.7 Å². The number of pyridine rings is 1. The number of rotatable bonds is 7. The largest absolute Gasteiger partial charge is 0.465 e. The summed E-state index contributed by atoms with van der Waals surface area (Å²) in [5.74, 6) is -1.97. The summed E-state index contributed by atoms with van der Waals surface area (Å²) in [6.07, 6.45) is -0.462. The molecule has 0 radical (unpaired) electrons. The van der Waals surface area contributed by atoms with Crippen LogP contribution in [0.2, 0.25) is 0 Å². The summed E-state index contributed by atoms with van der Waals surface area (Å²) in [6, 6.07) is 4.44. The van der Waals surface area contributed by atoms with Gasteiger partial charge in [0, 0.05) is 23.7 Å². The molecule has 0 unspecified atom stereocenters. The smallest absolute Gasteiger partial charge is 0.421 e. The van der Waals surface area contributed by atoms with Crippen LogP contribution in [0.25, 0.3) is 0 Å². The van der Waals surface area contributed by atoms with Crippen molar-refractivity contribution >= 4 is 23.3 Å².